The number of aliphatic hydroxyl groups is 2. The van der Waals surface area contributed by atoms with Crippen molar-refractivity contribution in [1.29, 1.82) is 0 Å². The molecule has 0 unspecified atom stereocenters. The molecule has 14 nitrogen and oxygen atoms in total. The van der Waals surface area contributed by atoms with Crippen LogP contribution in [0.1, 0.15) is 23.5 Å². The van der Waals surface area contributed by atoms with Gasteiger partial charge in [0.1, 0.15) is 5.60 Å². The molecular formula is C29H26O14. The Morgan fingerprint density at radius 3 is 2.23 bits per heavy atom. The molecule has 7 atom stereocenters. The predicted octanol–water partition coefficient (Wildman–Crippen LogP) is 0.641. The van der Waals surface area contributed by atoms with Gasteiger partial charge in [-0.3, -0.25) is 9.59 Å². The Morgan fingerprint density at radius 1 is 0.977 bits per heavy atom. The molecule has 1 heterocycles. The molecule has 43 heavy (non-hydrogen) atoms. The number of esters is 2. The molecule has 0 amide bonds. The number of hydrogen-bond donors (Lipinski definition) is 8. The molecule has 6 rings (SSSR count). The van der Waals surface area contributed by atoms with E-state index in [9.17, 15) is 60.0 Å². The van der Waals surface area contributed by atoms with Crippen molar-refractivity contribution in [3.63, 3.8) is 0 Å². The molecule has 2 aromatic rings. The van der Waals surface area contributed by atoms with Crippen LogP contribution in [0.3, 0.4) is 0 Å². The number of carboxylic acid groups (broad SMARTS) is 2. The number of carboxylic acids is 2. The normalized spacial score (nSPS) is 29.9. The second-order valence-corrected chi connectivity index (χ2v) is 10.7. The molecule has 226 valence electrons. The number of aromatic hydroxyl groups is 4. The summed E-state index contributed by atoms with van der Waals surface area (Å²) in [6.45, 7) is 0. The molecule has 2 bridgehead atoms. The van der Waals surface area contributed by atoms with Crippen LogP contribution in [0.15, 0.2) is 60.2 Å². The van der Waals surface area contributed by atoms with E-state index in [1.54, 1.807) is 0 Å². The molecule has 2 fully saturated rings. The average Bonchev–Trinajstić information content (AvgIpc) is 3.19. The van der Waals surface area contributed by atoms with Gasteiger partial charge in [0.05, 0.1) is 18.3 Å². The lowest BCUT2D eigenvalue weighted by Gasteiger charge is -2.58. The van der Waals surface area contributed by atoms with E-state index in [1.165, 1.54) is 18.2 Å². The summed E-state index contributed by atoms with van der Waals surface area (Å²) in [5.74, 6) is -15.5. The van der Waals surface area contributed by atoms with Gasteiger partial charge in [-0.2, -0.15) is 0 Å². The van der Waals surface area contributed by atoms with E-state index in [0.29, 0.717) is 0 Å². The lowest BCUT2D eigenvalue weighted by molar-refractivity contribution is -0.313. The van der Waals surface area contributed by atoms with Crippen LogP contribution in [0.2, 0.25) is 0 Å². The number of rotatable bonds is 8. The van der Waals surface area contributed by atoms with E-state index in [0.717, 1.165) is 36.4 Å². The summed E-state index contributed by atoms with van der Waals surface area (Å²) in [7, 11) is 0. The lowest BCUT2D eigenvalue weighted by Crippen LogP contribution is -2.70. The molecule has 2 aromatic carbocycles. The molecule has 0 spiro atoms. The minimum Gasteiger partial charge on any atom is -0.504 e. The largest absolute Gasteiger partial charge is 0.504 e. The maximum absolute atomic E-state index is 12.7. The first-order chi connectivity index (χ1) is 20.2. The number of fused-ring (bicyclic) bond motifs is 1. The number of allylic oxidation sites excluding steroid dienone is 1. The smallest absolute Gasteiger partial charge is 0.345 e. The summed E-state index contributed by atoms with van der Waals surface area (Å²) in [6, 6.07) is 7.10. The SMILES string of the molecule is O=C(/C=C/C1=C[C@@H]2[C@H](c3ccc(O)c(O)c3)[C@@H](C(=O)O)[C@H]1[C@]1(O)OC(=O)C[C@]21O)O[C@H](Cc1ccc(O)c(O)c1)C(=O)O. The van der Waals surface area contributed by atoms with Gasteiger partial charge in [0.15, 0.2) is 23.0 Å². The summed E-state index contributed by atoms with van der Waals surface area (Å²) < 4.78 is 10.2. The van der Waals surface area contributed by atoms with Crippen LogP contribution in [0, 0.1) is 17.8 Å². The number of benzene rings is 2. The molecule has 0 aromatic heterocycles. The first kappa shape index (κ1) is 29.4. The van der Waals surface area contributed by atoms with Crippen LogP contribution in [0.25, 0.3) is 0 Å². The highest BCUT2D eigenvalue weighted by Gasteiger charge is 2.76. The van der Waals surface area contributed by atoms with Crippen molar-refractivity contribution in [2.24, 2.45) is 17.8 Å². The number of phenolic OH excluding ortho intramolecular Hbond substituents is 4. The fourth-order valence-corrected chi connectivity index (χ4v) is 6.34. The van der Waals surface area contributed by atoms with Crippen molar-refractivity contribution in [1.82, 2.24) is 0 Å². The van der Waals surface area contributed by atoms with Crippen LogP contribution in [-0.2, 0) is 35.1 Å². The highest BCUT2D eigenvalue weighted by Crippen LogP contribution is 2.64. The molecule has 1 saturated heterocycles. The molecule has 0 radical (unpaired) electrons. The zero-order valence-electron chi connectivity index (χ0n) is 22.0. The molecule has 4 aliphatic rings. The Kier molecular flexibility index (Phi) is 7.06. The molecule has 1 saturated carbocycles. The van der Waals surface area contributed by atoms with E-state index in [4.69, 9.17) is 9.47 Å². The zero-order valence-corrected chi connectivity index (χ0v) is 22.0. The maximum atomic E-state index is 12.7. The average molecular weight is 599 g/mol. The maximum Gasteiger partial charge on any atom is 0.345 e. The lowest BCUT2D eigenvalue weighted by atomic mass is 9.49. The van der Waals surface area contributed by atoms with E-state index < -0.39 is 94.5 Å². The Balaban J connectivity index is 1.48. The van der Waals surface area contributed by atoms with Crippen molar-refractivity contribution < 1.29 is 69.5 Å². The standard InChI is InChI=1S/C29H26O14/c30-16-4-1-12(7-18(16)32)8-20(26(36)37)42-21(34)6-3-14-9-15-23(13-2-5-17(31)19(33)10-13)24(27(38)39)25(14)29(41)28(15,40)11-22(35)43-29/h1-7,9-10,15,20,23-25,30-33,40-41H,8,11H2,(H,36,37)(H,38,39)/b6-3+/t15-,20-,23+,24-,25+,28+,29+/m1/s1. The number of ether oxygens (including phenoxy) is 2. The topological polar surface area (TPSA) is 249 Å². The van der Waals surface area contributed by atoms with Crippen molar-refractivity contribution >= 4 is 23.9 Å². The van der Waals surface area contributed by atoms with E-state index in [-0.39, 0.29) is 23.1 Å². The molecule has 3 aliphatic carbocycles. The summed E-state index contributed by atoms with van der Waals surface area (Å²) in [4.78, 5) is 49.4. The van der Waals surface area contributed by atoms with Crippen molar-refractivity contribution in [3.8, 4) is 23.0 Å². The highest BCUT2D eigenvalue weighted by atomic mass is 16.7. The third kappa shape index (κ3) is 4.79. The first-order valence-electron chi connectivity index (χ1n) is 12.9. The van der Waals surface area contributed by atoms with Crippen molar-refractivity contribution in [3.05, 3.63) is 71.3 Å². The minimum absolute atomic E-state index is 0.0224. The van der Waals surface area contributed by atoms with Gasteiger partial charge in [0.25, 0.3) is 0 Å². The van der Waals surface area contributed by atoms with Gasteiger partial charge < -0.3 is 50.3 Å². The van der Waals surface area contributed by atoms with E-state index >= 15 is 0 Å². The fourth-order valence-electron chi connectivity index (χ4n) is 6.34. The van der Waals surface area contributed by atoms with Gasteiger partial charge in [0, 0.05) is 24.3 Å². The summed E-state index contributed by atoms with van der Waals surface area (Å²) in [5, 5.41) is 81.8. The fraction of sp³-hybridized carbons (Fsp3) is 0.310. The monoisotopic (exact) mass is 598 g/mol. The Bertz CT molecular complexity index is 1590. The number of hydrogen-bond acceptors (Lipinski definition) is 12. The van der Waals surface area contributed by atoms with Gasteiger partial charge >= 0.3 is 23.9 Å². The molecular weight excluding hydrogens is 572 g/mol. The van der Waals surface area contributed by atoms with Crippen LogP contribution in [0.4, 0.5) is 0 Å². The van der Waals surface area contributed by atoms with Crippen molar-refractivity contribution in [2.75, 3.05) is 0 Å². The summed E-state index contributed by atoms with van der Waals surface area (Å²) in [6.07, 6.45) is 0.445. The number of phenols is 4. The van der Waals surface area contributed by atoms with Gasteiger partial charge in [-0.05, 0) is 41.0 Å². The Labute approximate surface area is 242 Å². The molecule has 14 heteroatoms. The Morgan fingerprint density at radius 2 is 1.63 bits per heavy atom. The van der Waals surface area contributed by atoms with Gasteiger partial charge in [0.2, 0.25) is 11.9 Å². The summed E-state index contributed by atoms with van der Waals surface area (Å²) in [5.41, 5.74) is -1.91. The second kappa shape index (κ2) is 10.3. The van der Waals surface area contributed by atoms with Crippen LogP contribution < -0.4 is 0 Å². The van der Waals surface area contributed by atoms with Crippen LogP contribution in [-0.4, -0.2) is 82.2 Å². The van der Waals surface area contributed by atoms with Gasteiger partial charge in [-0.1, -0.05) is 24.3 Å². The number of carbonyl (C=O) groups excluding carboxylic acids is 2. The Hall–Kier alpha value is -5.08. The third-order valence-corrected chi connectivity index (χ3v) is 8.22. The van der Waals surface area contributed by atoms with E-state index in [1.807, 2.05) is 0 Å². The predicted molar refractivity (Wildman–Crippen MR) is 139 cm³/mol. The number of carbonyl (C=O) groups is 4. The van der Waals surface area contributed by atoms with Crippen LogP contribution in [0.5, 0.6) is 23.0 Å². The first-order valence-corrected chi connectivity index (χ1v) is 12.9. The van der Waals surface area contributed by atoms with E-state index in [2.05, 4.69) is 0 Å². The third-order valence-electron chi connectivity index (χ3n) is 8.22. The summed E-state index contributed by atoms with van der Waals surface area (Å²) >= 11 is 0. The number of aliphatic carboxylic acids is 2. The van der Waals surface area contributed by atoms with Gasteiger partial charge in [-0.25, -0.2) is 9.59 Å². The molecule has 1 aliphatic heterocycles. The van der Waals surface area contributed by atoms with Gasteiger partial charge in [-0.15, -0.1) is 0 Å². The quantitative estimate of drug-likeness (QED) is 0.118. The zero-order chi connectivity index (χ0) is 31.4. The van der Waals surface area contributed by atoms with Crippen LogP contribution >= 0.6 is 0 Å². The second-order valence-electron chi connectivity index (χ2n) is 10.7. The van der Waals surface area contributed by atoms with Crippen molar-refractivity contribution in [2.45, 2.75) is 36.3 Å². The highest BCUT2D eigenvalue weighted by molar-refractivity contribution is 5.86. The minimum atomic E-state index is -2.71. The molecule has 8 N–H and O–H groups in total.